The number of aryl methyl sites for hydroxylation is 2. The summed E-state index contributed by atoms with van der Waals surface area (Å²) in [4.78, 5) is 0. The third-order valence-corrected chi connectivity index (χ3v) is 3.25. The second-order valence-electron chi connectivity index (χ2n) is 6.29. The highest BCUT2D eigenvalue weighted by Crippen LogP contribution is 2.33. The van der Waals surface area contributed by atoms with E-state index in [1.807, 2.05) is 7.05 Å². The molecule has 1 aromatic rings. The Bertz CT molecular complexity index is 381. The van der Waals surface area contributed by atoms with Crippen molar-refractivity contribution in [2.75, 3.05) is 14.2 Å². The topological polar surface area (TPSA) is 21.3 Å². The van der Waals surface area contributed by atoms with Crippen LogP contribution < -0.4 is 10.1 Å². The maximum atomic E-state index is 5.42. The van der Waals surface area contributed by atoms with Crippen LogP contribution in [-0.2, 0) is 0 Å². The van der Waals surface area contributed by atoms with Crippen molar-refractivity contribution in [1.29, 1.82) is 0 Å². The minimum absolute atomic E-state index is 0.315. The van der Waals surface area contributed by atoms with Crippen molar-refractivity contribution >= 4 is 0 Å². The molecule has 0 spiro atoms. The van der Waals surface area contributed by atoms with Gasteiger partial charge in [-0.2, -0.15) is 0 Å². The summed E-state index contributed by atoms with van der Waals surface area (Å²) in [7, 11) is 3.77. The molecule has 0 heterocycles. The summed E-state index contributed by atoms with van der Waals surface area (Å²) in [6.45, 7) is 11.1. The summed E-state index contributed by atoms with van der Waals surface area (Å²) >= 11 is 0. The molecular formula is C16H27NO. The maximum absolute atomic E-state index is 5.42. The van der Waals surface area contributed by atoms with Gasteiger partial charge in [0.2, 0.25) is 0 Å². The fourth-order valence-corrected chi connectivity index (χ4v) is 2.51. The second kappa shape index (κ2) is 5.75. The smallest absolute Gasteiger partial charge is 0.124 e. The van der Waals surface area contributed by atoms with E-state index in [1.54, 1.807) is 7.11 Å². The van der Waals surface area contributed by atoms with Crippen molar-refractivity contribution < 1.29 is 4.74 Å². The Morgan fingerprint density at radius 1 is 1.17 bits per heavy atom. The van der Waals surface area contributed by atoms with Gasteiger partial charge in [-0.1, -0.05) is 32.9 Å². The number of ether oxygens (including phenoxy) is 1. The van der Waals surface area contributed by atoms with E-state index in [9.17, 15) is 0 Å². The number of rotatable bonds is 4. The standard InChI is InChI=1S/C16H27NO/c1-11-8-13(9-12(2)15(11)18-7)14(17-6)10-16(3,4)5/h8-9,14,17H,10H2,1-7H3. The summed E-state index contributed by atoms with van der Waals surface area (Å²) in [6, 6.07) is 4.87. The fourth-order valence-electron chi connectivity index (χ4n) is 2.51. The normalized spacial score (nSPS) is 13.5. The number of benzene rings is 1. The van der Waals surface area contributed by atoms with Crippen LogP contribution in [0.2, 0.25) is 0 Å². The maximum Gasteiger partial charge on any atom is 0.124 e. The van der Waals surface area contributed by atoms with Crippen molar-refractivity contribution in [3.8, 4) is 5.75 Å². The van der Waals surface area contributed by atoms with Crippen LogP contribution in [0.3, 0.4) is 0 Å². The molecule has 0 radical (unpaired) electrons. The van der Waals surface area contributed by atoms with Crippen molar-refractivity contribution in [3.63, 3.8) is 0 Å². The van der Waals surface area contributed by atoms with Crippen LogP contribution in [0.4, 0.5) is 0 Å². The van der Waals surface area contributed by atoms with Crippen LogP contribution in [0, 0.1) is 19.3 Å². The van der Waals surface area contributed by atoms with Gasteiger partial charge in [0.05, 0.1) is 7.11 Å². The molecule has 0 saturated carbocycles. The van der Waals surface area contributed by atoms with Crippen molar-refractivity contribution in [1.82, 2.24) is 5.32 Å². The van der Waals surface area contributed by atoms with E-state index in [1.165, 1.54) is 16.7 Å². The van der Waals surface area contributed by atoms with Gasteiger partial charge in [0.25, 0.3) is 0 Å². The van der Waals surface area contributed by atoms with Gasteiger partial charge in [-0.15, -0.1) is 0 Å². The zero-order valence-corrected chi connectivity index (χ0v) is 12.8. The highest BCUT2D eigenvalue weighted by atomic mass is 16.5. The van der Waals surface area contributed by atoms with Crippen molar-refractivity contribution in [2.24, 2.45) is 5.41 Å². The monoisotopic (exact) mass is 249 g/mol. The first-order valence-electron chi connectivity index (χ1n) is 6.61. The lowest BCUT2D eigenvalue weighted by Crippen LogP contribution is -2.22. The average molecular weight is 249 g/mol. The highest BCUT2D eigenvalue weighted by Gasteiger charge is 2.20. The molecule has 18 heavy (non-hydrogen) atoms. The molecule has 1 rings (SSSR count). The molecule has 1 unspecified atom stereocenters. The van der Waals surface area contributed by atoms with E-state index in [2.05, 4.69) is 52.1 Å². The van der Waals surface area contributed by atoms with Gasteiger partial charge in [-0.05, 0) is 49.4 Å². The molecular weight excluding hydrogens is 222 g/mol. The van der Waals surface area contributed by atoms with Gasteiger partial charge in [0.1, 0.15) is 5.75 Å². The van der Waals surface area contributed by atoms with Gasteiger partial charge in [-0.3, -0.25) is 0 Å². The summed E-state index contributed by atoms with van der Waals surface area (Å²) in [5.41, 5.74) is 4.08. The first kappa shape index (κ1) is 15.0. The van der Waals surface area contributed by atoms with Crippen LogP contribution >= 0.6 is 0 Å². The van der Waals surface area contributed by atoms with Crippen LogP contribution in [0.15, 0.2) is 12.1 Å². The number of methoxy groups -OCH3 is 1. The van der Waals surface area contributed by atoms with E-state index < -0.39 is 0 Å². The van der Waals surface area contributed by atoms with E-state index in [-0.39, 0.29) is 0 Å². The number of nitrogens with one attached hydrogen (secondary N) is 1. The van der Waals surface area contributed by atoms with E-state index in [0.717, 1.165) is 12.2 Å². The second-order valence-corrected chi connectivity index (χ2v) is 6.29. The predicted molar refractivity (Wildman–Crippen MR) is 78.3 cm³/mol. The number of hydrogen-bond donors (Lipinski definition) is 1. The lowest BCUT2D eigenvalue weighted by atomic mass is 9.85. The molecule has 0 bridgehead atoms. The van der Waals surface area contributed by atoms with Gasteiger partial charge in [0, 0.05) is 6.04 Å². The van der Waals surface area contributed by atoms with Crippen LogP contribution in [0.25, 0.3) is 0 Å². The molecule has 0 amide bonds. The number of hydrogen-bond acceptors (Lipinski definition) is 2. The largest absolute Gasteiger partial charge is 0.496 e. The van der Waals surface area contributed by atoms with Gasteiger partial charge < -0.3 is 10.1 Å². The fraction of sp³-hybridized carbons (Fsp3) is 0.625. The minimum atomic E-state index is 0.315. The first-order valence-corrected chi connectivity index (χ1v) is 6.61. The highest BCUT2D eigenvalue weighted by molar-refractivity contribution is 5.44. The third-order valence-electron chi connectivity index (χ3n) is 3.25. The Labute approximate surface area is 112 Å². The Kier molecular flexibility index (Phi) is 4.80. The first-order chi connectivity index (χ1) is 8.28. The Morgan fingerprint density at radius 2 is 1.67 bits per heavy atom. The van der Waals surface area contributed by atoms with E-state index in [0.29, 0.717) is 11.5 Å². The average Bonchev–Trinajstić information content (AvgIpc) is 2.24. The Morgan fingerprint density at radius 3 is 2.00 bits per heavy atom. The molecule has 2 heteroatoms. The van der Waals surface area contributed by atoms with Crippen molar-refractivity contribution in [2.45, 2.75) is 47.1 Å². The SMILES string of the molecule is CNC(CC(C)(C)C)c1cc(C)c(OC)c(C)c1. The quantitative estimate of drug-likeness (QED) is 0.870. The third kappa shape index (κ3) is 3.74. The molecule has 1 atom stereocenters. The predicted octanol–water partition coefficient (Wildman–Crippen LogP) is 4.01. The van der Waals surface area contributed by atoms with Crippen molar-refractivity contribution in [3.05, 3.63) is 28.8 Å². The summed E-state index contributed by atoms with van der Waals surface area (Å²) < 4.78 is 5.42. The molecule has 102 valence electrons. The van der Waals surface area contributed by atoms with Gasteiger partial charge in [-0.25, -0.2) is 0 Å². The molecule has 0 aliphatic heterocycles. The van der Waals surface area contributed by atoms with Crippen LogP contribution in [0.1, 0.15) is 49.9 Å². The molecule has 0 aromatic heterocycles. The summed E-state index contributed by atoms with van der Waals surface area (Å²) in [5.74, 6) is 1.00. The van der Waals surface area contributed by atoms with E-state index >= 15 is 0 Å². The molecule has 1 aromatic carbocycles. The Hall–Kier alpha value is -1.02. The molecule has 0 saturated heterocycles. The molecule has 1 N–H and O–H groups in total. The lowest BCUT2D eigenvalue weighted by molar-refractivity contribution is 0.320. The zero-order valence-electron chi connectivity index (χ0n) is 12.8. The van der Waals surface area contributed by atoms with Crippen LogP contribution in [-0.4, -0.2) is 14.2 Å². The Balaban J connectivity index is 3.08. The molecule has 0 aliphatic carbocycles. The molecule has 2 nitrogen and oxygen atoms in total. The summed E-state index contributed by atoms with van der Waals surface area (Å²) in [6.07, 6.45) is 1.12. The van der Waals surface area contributed by atoms with Gasteiger partial charge in [0.15, 0.2) is 0 Å². The summed E-state index contributed by atoms with van der Waals surface area (Å²) in [5, 5.41) is 3.43. The van der Waals surface area contributed by atoms with Gasteiger partial charge >= 0.3 is 0 Å². The molecule has 0 aliphatic rings. The zero-order chi connectivity index (χ0) is 13.9. The van der Waals surface area contributed by atoms with Crippen LogP contribution in [0.5, 0.6) is 5.75 Å². The minimum Gasteiger partial charge on any atom is -0.496 e. The molecule has 0 fully saturated rings. The van der Waals surface area contributed by atoms with E-state index in [4.69, 9.17) is 4.74 Å². The lowest BCUT2D eigenvalue weighted by Gasteiger charge is -2.27.